The predicted octanol–water partition coefficient (Wildman–Crippen LogP) is 5.36. The average molecular weight is 388 g/mol. The highest BCUT2D eigenvalue weighted by Crippen LogP contribution is 2.38. The van der Waals surface area contributed by atoms with Gasteiger partial charge in [0.25, 0.3) is 0 Å². The summed E-state index contributed by atoms with van der Waals surface area (Å²) in [6.07, 6.45) is 6.90. The second-order valence-corrected chi connectivity index (χ2v) is 6.73. The number of fused-ring (bicyclic) bond motifs is 1. The molecule has 0 spiro atoms. The molecule has 4 nitrogen and oxygen atoms in total. The number of rotatable bonds is 8. The molecular weight excluding hydrogens is 364 g/mol. The number of ether oxygens (including phenoxy) is 1. The van der Waals surface area contributed by atoms with E-state index in [9.17, 15) is 9.90 Å². The molecule has 1 N–H and O–H groups in total. The van der Waals surface area contributed by atoms with Gasteiger partial charge in [-0.05, 0) is 48.6 Å². The van der Waals surface area contributed by atoms with Crippen LogP contribution in [0.15, 0.2) is 77.5 Å². The average Bonchev–Trinajstić information content (AvgIpc) is 2.70. The molecule has 4 heteroatoms. The summed E-state index contributed by atoms with van der Waals surface area (Å²) in [6, 6.07) is 8.75. The molecule has 2 aromatic carbocycles. The molecule has 0 aliphatic carbocycles. The van der Waals surface area contributed by atoms with Crippen LogP contribution in [0.25, 0.3) is 22.3 Å². The Morgan fingerprint density at radius 1 is 1.03 bits per heavy atom. The highest BCUT2D eigenvalue weighted by molar-refractivity contribution is 5.83. The summed E-state index contributed by atoms with van der Waals surface area (Å²) < 4.78 is 11.4. The molecular formula is C25H24O4. The normalized spacial score (nSPS) is 10.7. The predicted molar refractivity (Wildman–Crippen MR) is 118 cm³/mol. The van der Waals surface area contributed by atoms with E-state index < -0.39 is 0 Å². The summed E-state index contributed by atoms with van der Waals surface area (Å²) >= 11 is 0. The number of benzene rings is 2. The van der Waals surface area contributed by atoms with Gasteiger partial charge in [0.2, 0.25) is 0 Å². The third-order valence-corrected chi connectivity index (χ3v) is 4.79. The third-order valence-electron chi connectivity index (χ3n) is 4.79. The zero-order chi connectivity index (χ0) is 21.0. The number of methoxy groups -OCH3 is 1. The summed E-state index contributed by atoms with van der Waals surface area (Å²) in [7, 11) is 1.49. The first-order valence-corrected chi connectivity index (χ1v) is 9.35. The van der Waals surface area contributed by atoms with Crippen LogP contribution in [0.3, 0.4) is 0 Å². The first-order chi connectivity index (χ1) is 14.0. The van der Waals surface area contributed by atoms with Crippen LogP contribution in [0.1, 0.15) is 16.7 Å². The lowest BCUT2D eigenvalue weighted by Gasteiger charge is -2.14. The van der Waals surface area contributed by atoms with Gasteiger partial charge >= 0.3 is 0 Å². The van der Waals surface area contributed by atoms with Crippen molar-refractivity contribution in [3.8, 4) is 22.8 Å². The molecule has 29 heavy (non-hydrogen) atoms. The molecule has 0 saturated carbocycles. The smallest absolute Gasteiger partial charge is 0.193 e. The maximum Gasteiger partial charge on any atom is 0.193 e. The second-order valence-electron chi connectivity index (χ2n) is 6.73. The van der Waals surface area contributed by atoms with Gasteiger partial charge in [-0.1, -0.05) is 24.3 Å². The van der Waals surface area contributed by atoms with Crippen molar-refractivity contribution in [1.82, 2.24) is 0 Å². The van der Waals surface area contributed by atoms with Crippen LogP contribution < -0.4 is 10.2 Å². The Labute approximate surface area is 170 Å². The van der Waals surface area contributed by atoms with Crippen molar-refractivity contribution in [3.05, 3.63) is 95.2 Å². The number of phenolic OH excluding ortho intramolecular Hbond substituents is 1. The van der Waals surface area contributed by atoms with Crippen molar-refractivity contribution in [2.24, 2.45) is 0 Å². The first kappa shape index (κ1) is 20.2. The monoisotopic (exact) mass is 388 g/mol. The molecule has 1 heterocycles. The van der Waals surface area contributed by atoms with Crippen LogP contribution in [0.5, 0.6) is 11.5 Å². The Balaban J connectivity index is 2.31. The molecule has 0 atom stereocenters. The van der Waals surface area contributed by atoms with Crippen molar-refractivity contribution < 1.29 is 14.3 Å². The fourth-order valence-corrected chi connectivity index (χ4v) is 3.48. The van der Waals surface area contributed by atoms with Crippen molar-refractivity contribution >= 4 is 11.0 Å². The van der Waals surface area contributed by atoms with Gasteiger partial charge in [0.1, 0.15) is 11.3 Å². The van der Waals surface area contributed by atoms with Gasteiger partial charge in [0.05, 0.1) is 12.5 Å². The van der Waals surface area contributed by atoms with Gasteiger partial charge in [-0.3, -0.25) is 4.79 Å². The fraction of sp³-hybridized carbons (Fsp3) is 0.160. The van der Waals surface area contributed by atoms with Gasteiger partial charge in [0, 0.05) is 17.2 Å². The molecule has 0 bridgehead atoms. The number of hydrogen-bond donors (Lipinski definition) is 1. The fourth-order valence-electron chi connectivity index (χ4n) is 3.48. The Bertz CT molecular complexity index is 1150. The maximum absolute atomic E-state index is 12.9. The van der Waals surface area contributed by atoms with Crippen molar-refractivity contribution in [3.63, 3.8) is 0 Å². The van der Waals surface area contributed by atoms with Crippen LogP contribution in [-0.4, -0.2) is 12.2 Å². The molecule has 3 rings (SSSR count). The lowest BCUT2D eigenvalue weighted by molar-refractivity contribution is 0.371. The van der Waals surface area contributed by atoms with E-state index in [2.05, 4.69) is 19.7 Å². The lowest BCUT2D eigenvalue weighted by atomic mass is 9.98. The molecule has 0 radical (unpaired) electrons. The Hall–Kier alpha value is -3.53. The van der Waals surface area contributed by atoms with Crippen LogP contribution in [-0.2, 0) is 19.3 Å². The van der Waals surface area contributed by atoms with Crippen molar-refractivity contribution in [2.75, 3.05) is 7.11 Å². The van der Waals surface area contributed by atoms with Crippen LogP contribution in [0, 0.1) is 0 Å². The number of phenols is 1. The molecule has 0 amide bonds. The maximum atomic E-state index is 12.9. The Morgan fingerprint density at radius 3 is 2.41 bits per heavy atom. The third kappa shape index (κ3) is 3.87. The van der Waals surface area contributed by atoms with Gasteiger partial charge in [0.15, 0.2) is 16.9 Å². The largest absolute Gasteiger partial charge is 0.504 e. The molecule has 0 saturated heterocycles. The van der Waals surface area contributed by atoms with Crippen molar-refractivity contribution in [1.29, 1.82) is 0 Å². The van der Waals surface area contributed by atoms with E-state index in [1.54, 1.807) is 30.4 Å². The minimum absolute atomic E-state index is 0.0142. The SMILES string of the molecule is C=CCc1cc(CC=C)c2oc(-c3ccc(OC)c(O)c3CC=C)cc(=O)c2c1. The molecule has 148 valence electrons. The summed E-state index contributed by atoms with van der Waals surface area (Å²) in [4.78, 5) is 12.9. The van der Waals surface area contributed by atoms with E-state index in [0.29, 0.717) is 52.9 Å². The Morgan fingerprint density at radius 2 is 1.76 bits per heavy atom. The zero-order valence-corrected chi connectivity index (χ0v) is 16.5. The topological polar surface area (TPSA) is 59.7 Å². The number of hydrogen-bond acceptors (Lipinski definition) is 4. The summed E-state index contributed by atoms with van der Waals surface area (Å²) in [5.74, 6) is 0.759. The van der Waals surface area contributed by atoms with Crippen LogP contribution in [0.2, 0.25) is 0 Å². The number of allylic oxidation sites excluding steroid dienone is 3. The minimum atomic E-state index is -0.141. The standard InChI is InChI=1S/C25H24O4/c1-5-8-16-13-17(9-6-2)25-20(14-16)21(26)15-23(29-25)18-11-12-22(28-4)24(27)19(18)10-7-3/h5-7,11-15,27H,1-3,8-10H2,4H3. The number of aromatic hydroxyl groups is 1. The van der Waals surface area contributed by atoms with E-state index in [-0.39, 0.29) is 11.2 Å². The van der Waals surface area contributed by atoms with E-state index in [4.69, 9.17) is 9.15 Å². The lowest BCUT2D eigenvalue weighted by Crippen LogP contribution is -2.04. The van der Waals surface area contributed by atoms with E-state index in [0.717, 1.165) is 11.1 Å². The highest BCUT2D eigenvalue weighted by Gasteiger charge is 2.18. The quantitative estimate of drug-likeness (QED) is 0.528. The van der Waals surface area contributed by atoms with Crippen LogP contribution >= 0.6 is 0 Å². The summed E-state index contributed by atoms with van der Waals surface area (Å²) in [6.45, 7) is 11.3. The molecule has 0 fully saturated rings. The summed E-state index contributed by atoms with van der Waals surface area (Å²) in [5, 5.41) is 11.1. The molecule has 3 aromatic rings. The van der Waals surface area contributed by atoms with Gasteiger partial charge in [-0.25, -0.2) is 0 Å². The van der Waals surface area contributed by atoms with Gasteiger partial charge in [-0.2, -0.15) is 0 Å². The van der Waals surface area contributed by atoms with Gasteiger partial charge < -0.3 is 14.3 Å². The molecule has 1 aromatic heterocycles. The van der Waals surface area contributed by atoms with E-state index in [1.807, 2.05) is 12.1 Å². The molecule has 0 aliphatic rings. The van der Waals surface area contributed by atoms with E-state index >= 15 is 0 Å². The Kier molecular flexibility index (Phi) is 6.03. The first-order valence-electron chi connectivity index (χ1n) is 9.35. The minimum Gasteiger partial charge on any atom is -0.504 e. The zero-order valence-electron chi connectivity index (χ0n) is 16.5. The van der Waals surface area contributed by atoms with E-state index in [1.165, 1.54) is 13.2 Å². The van der Waals surface area contributed by atoms with Crippen LogP contribution in [0.4, 0.5) is 0 Å². The summed E-state index contributed by atoms with van der Waals surface area (Å²) in [5.41, 5.74) is 3.49. The molecule has 0 aliphatic heterocycles. The van der Waals surface area contributed by atoms with Gasteiger partial charge in [-0.15, -0.1) is 19.7 Å². The second kappa shape index (κ2) is 8.65. The van der Waals surface area contributed by atoms with Crippen molar-refractivity contribution in [2.45, 2.75) is 19.3 Å². The molecule has 0 unspecified atom stereocenters. The highest BCUT2D eigenvalue weighted by atomic mass is 16.5.